The number of anilines is 2. The lowest BCUT2D eigenvalue weighted by molar-refractivity contribution is 0.0696. The maximum absolute atomic E-state index is 10.8. The zero-order chi connectivity index (χ0) is 13.1. The van der Waals surface area contributed by atoms with Crippen molar-refractivity contribution in [2.45, 2.75) is 18.9 Å². The van der Waals surface area contributed by atoms with Gasteiger partial charge in [0, 0.05) is 26.4 Å². The molecule has 1 atom stereocenters. The number of nitrogens with two attached hydrogens (primary N) is 1. The second-order valence-corrected chi connectivity index (χ2v) is 4.46. The van der Waals surface area contributed by atoms with Gasteiger partial charge in [-0.3, -0.25) is 0 Å². The Balaban J connectivity index is 2.09. The number of carboxylic acid groups (broad SMARTS) is 1. The maximum Gasteiger partial charge on any atom is 0.337 e. The smallest absolute Gasteiger partial charge is 0.337 e. The van der Waals surface area contributed by atoms with Gasteiger partial charge in [0.2, 0.25) is 0 Å². The van der Waals surface area contributed by atoms with Crippen LogP contribution in [0.2, 0.25) is 0 Å². The zero-order valence-corrected chi connectivity index (χ0v) is 10.3. The van der Waals surface area contributed by atoms with Crippen molar-refractivity contribution in [2.24, 2.45) is 0 Å². The molecule has 0 aliphatic carbocycles. The Hall–Kier alpha value is -1.82. The highest BCUT2D eigenvalue weighted by atomic mass is 16.5. The van der Waals surface area contributed by atoms with Gasteiger partial charge in [0.15, 0.2) is 5.82 Å². The van der Waals surface area contributed by atoms with Crippen molar-refractivity contribution < 1.29 is 14.6 Å². The number of nitrogen functional groups attached to an aromatic ring is 1. The largest absolute Gasteiger partial charge is 0.478 e. The molecule has 18 heavy (non-hydrogen) atoms. The summed E-state index contributed by atoms with van der Waals surface area (Å²) in [6.07, 6.45) is 3.65. The van der Waals surface area contributed by atoms with Crippen LogP contribution in [0.4, 0.5) is 11.5 Å². The van der Waals surface area contributed by atoms with Gasteiger partial charge in [-0.1, -0.05) is 0 Å². The van der Waals surface area contributed by atoms with Crippen LogP contribution in [-0.2, 0) is 4.74 Å². The van der Waals surface area contributed by atoms with Crippen LogP contribution in [-0.4, -0.2) is 42.4 Å². The predicted octanol–water partition coefficient (Wildman–Crippen LogP) is 0.977. The number of carbonyl (C=O) groups is 1. The molecule has 1 saturated heterocycles. The van der Waals surface area contributed by atoms with E-state index in [9.17, 15) is 4.79 Å². The summed E-state index contributed by atoms with van der Waals surface area (Å²) in [4.78, 5) is 16.8. The van der Waals surface area contributed by atoms with E-state index in [1.54, 1.807) is 0 Å². The maximum atomic E-state index is 10.8. The Bertz CT molecular complexity index is 444. The van der Waals surface area contributed by atoms with Crippen molar-refractivity contribution in [3.8, 4) is 0 Å². The summed E-state index contributed by atoms with van der Waals surface area (Å²) in [5, 5.41) is 8.84. The molecule has 0 amide bonds. The van der Waals surface area contributed by atoms with E-state index in [2.05, 4.69) is 4.98 Å². The summed E-state index contributed by atoms with van der Waals surface area (Å²) >= 11 is 0. The second kappa shape index (κ2) is 5.22. The molecule has 1 aromatic heterocycles. The molecule has 6 nitrogen and oxygen atoms in total. The summed E-state index contributed by atoms with van der Waals surface area (Å²) in [6, 6.07) is 1.43. The number of rotatable bonds is 4. The normalized spacial score (nSPS) is 18.8. The molecule has 1 aliphatic rings. The summed E-state index contributed by atoms with van der Waals surface area (Å²) < 4.78 is 5.54. The number of nitrogens with zero attached hydrogens (tertiary/aromatic N) is 2. The summed E-state index contributed by atoms with van der Waals surface area (Å²) in [5.41, 5.74) is 6.30. The standard InChI is InChI=1S/C12H17N3O3/c1-15(7-9-3-2-4-18-9)11-10(13)5-8(6-14-11)12(16)17/h5-6,9H,2-4,7,13H2,1H3,(H,16,17). The van der Waals surface area contributed by atoms with E-state index in [1.165, 1.54) is 12.3 Å². The first-order valence-electron chi connectivity index (χ1n) is 5.89. The molecule has 0 radical (unpaired) electrons. The van der Waals surface area contributed by atoms with Gasteiger partial charge in [-0.2, -0.15) is 0 Å². The number of aromatic nitrogens is 1. The lowest BCUT2D eigenvalue weighted by Gasteiger charge is -2.23. The van der Waals surface area contributed by atoms with Crippen LogP contribution in [0.15, 0.2) is 12.3 Å². The monoisotopic (exact) mass is 251 g/mol. The summed E-state index contributed by atoms with van der Waals surface area (Å²) in [7, 11) is 1.88. The molecule has 0 spiro atoms. The fourth-order valence-electron chi connectivity index (χ4n) is 2.09. The lowest BCUT2D eigenvalue weighted by atomic mass is 10.2. The van der Waals surface area contributed by atoms with Crippen LogP contribution in [0, 0.1) is 0 Å². The fourth-order valence-corrected chi connectivity index (χ4v) is 2.09. The molecule has 6 heteroatoms. The summed E-state index contributed by atoms with van der Waals surface area (Å²) in [5.74, 6) is -0.432. The van der Waals surface area contributed by atoms with Crippen molar-refractivity contribution in [2.75, 3.05) is 30.8 Å². The van der Waals surface area contributed by atoms with Crippen LogP contribution >= 0.6 is 0 Å². The van der Waals surface area contributed by atoms with Gasteiger partial charge < -0.3 is 20.5 Å². The van der Waals surface area contributed by atoms with Crippen molar-refractivity contribution in [1.82, 2.24) is 4.98 Å². The van der Waals surface area contributed by atoms with E-state index in [0.29, 0.717) is 18.1 Å². The average molecular weight is 251 g/mol. The Morgan fingerprint density at radius 3 is 3.06 bits per heavy atom. The van der Waals surface area contributed by atoms with Crippen LogP contribution in [0.1, 0.15) is 23.2 Å². The van der Waals surface area contributed by atoms with E-state index >= 15 is 0 Å². The predicted molar refractivity (Wildman–Crippen MR) is 67.9 cm³/mol. The third-order valence-electron chi connectivity index (χ3n) is 3.01. The highest BCUT2D eigenvalue weighted by Gasteiger charge is 2.19. The van der Waals surface area contributed by atoms with Crippen LogP contribution < -0.4 is 10.6 Å². The first-order valence-corrected chi connectivity index (χ1v) is 5.89. The third kappa shape index (κ3) is 2.70. The Kier molecular flexibility index (Phi) is 3.66. The number of carboxylic acids is 1. The number of pyridine rings is 1. The van der Waals surface area contributed by atoms with Gasteiger partial charge >= 0.3 is 5.97 Å². The highest BCUT2D eigenvalue weighted by molar-refractivity contribution is 5.89. The van der Waals surface area contributed by atoms with Gasteiger partial charge in [0.25, 0.3) is 0 Å². The molecule has 2 rings (SSSR count). The van der Waals surface area contributed by atoms with E-state index in [0.717, 1.165) is 19.4 Å². The number of likely N-dealkylation sites (N-methyl/N-ethyl adjacent to an activating group) is 1. The number of ether oxygens (including phenoxy) is 1. The van der Waals surface area contributed by atoms with Crippen LogP contribution in [0.3, 0.4) is 0 Å². The van der Waals surface area contributed by atoms with Crippen LogP contribution in [0.5, 0.6) is 0 Å². The lowest BCUT2D eigenvalue weighted by Crippen LogP contribution is -2.29. The second-order valence-electron chi connectivity index (χ2n) is 4.46. The average Bonchev–Trinajstić information content (AvgIpc) is 2.81. The highest BCUT2D eigenvalue weighted by Crippen LogP contribution is 2.22. The number of hydrogen-bond donors (Lipinski definition) is 2. The molecule has 1 aliphatic heterocycles. The molecule has 1 fully saturated rings. The molecule has 3 N–H and O–H groups in total. The minimum Gasteiger partial charge on any atom is -0.478 e. The molecule has 0 aromatic carbocycles. The first kappa shape index (κ1) is 12.6. The minimum absolute atomic E-state index is 0.0989. The molecular weight excluding hydrogens is 234 g/mol. The molecule has 0 saturated carbocycles. The minimum atomic E-state index is -1.03. The SMILES string of the molecule is CN(CC1CCCO1)c1ncc(C(=O)O)cc1N. The zero-order valence-electron chi connectivity index (χ0n) is 10.3. The third-order valence-corrected chi connectivity index (χ3v) is 3.01. The van der Waals surface area contributed by atoms with Gasteiger partial charge in [-0.05, 0) is 18.9 Å². The van der Waals surface area contributed by atoms with Gasteiger partial charge in [-0.15, -0.1) is 0 Å². The number of aromatic carboxylic acids is 1. The summed E-state index contributed by atoms with van der Waals surface area (Å²) in [6.45, 7) is 1.52. The van der Waals surface area contributed by atoms with Crippen molar-refractivity contribution in [1.29, 1.82) is 0 Å². The molecule has 1 unspecified atom stereocenters. The van der Waals surface area contributed by atoms with Gasteiger partial charge in [0.1, 0.15) is 0 Å². The Labute approximate surface area is 105 Å². The Morgan fingerprint density at radius 1 is 1.72 bits per heavy atom. The van der Waals surface area contributed by atoms with Crippen LogP contribution in [0.25, 0.3) is 0 Å². The van der Waals surface area contributed by atoms with E-state index in [-0.39, 0.29) is 11.7 Å². The fraction of sp³-hybridized carbons (Fsp3) is 0.500. The number of hydrogen-bond acceptors (Lipinski definition) is 5. The van der Waals surface area contributed by atoms with Gasteiger partial charge in [0.05, 0.1) is 17.4 Å². The van der Waals surface area contributed by atoms with E-state index in [1.807, 2.05) is 11.9 Å². The van der Waals surface area contributed by atoms with E-state index in [4.69, 9.17) is 15.6 Å². The molecule has 0 bridgehead atoms. The van der Waals surface area contributed by atoms with Crippen molar-refractivity contribution >= 4 is 17.5 Å². The molecule has 98 valence electrons. The topological polar surface area (TPSA) is 88.7 Å². The molecular formula is C12H17N3O3. The molecule has 1 aromatic rings. The quantitative estimate of drug-likeness (QED) is 0.829. The van der Waals surface area contributed by atoms with Crippen molar-refractivity contribution in [3.05, 3.63) is 17.8 Å². The van der Waals surface area contributed by atoms with Crippen molar-refractivity contribution in [3.63, 3.8) is 0 Å². The van der Waals surface area contributed by atoms with E-state index < -0.39 is 5.97 Å². The Morgan fingerprint density at radius 2 is 2.50 bits per heavy atom. The van der Waals surface area contributed by atoms with Gasteiger partial charge in [-0.25, -0.2) is 9.78 Å². The first-order chi connectivity index (χ1) is 8.58. The molecule has 2 heterocycles.